The third-order valence-electron chi connectivity index (χ3n) is 7.81. The topological polar surface area (TPSA) is 35.5 Å². The maximum absolute atomic E-state index is 12.8. The predicted octanol–water partition coefficient (Wildman–Crippen LogP) is 8.45. The van der Waals surface area contributed by atoms with Gasteiger partial charge in [0.25, 0.3) is 0 Å². The molecule has 0 saturated carbocycles. The molecule has 0 amide bonds. The van der Waals surface area contributed by atoms with E-state index >= 15 is 0 Å². The zero-order chi connectivity index (χ0) is 24.9. The number of ether oxygens (including phenoxy) is 1. The summed E-state index contributed by atoms with van der Waals surface area (Å²) in [5, 5.41) is 0.190. The first-order chi connectivity index (χ1) is 15.2. The highest BCUT2D eigenvalue weighted by molar-refractivity contribution is 8.18. The van der Waals surface area contributed by atoms with Gasteiger partial charge in [-0.05, 0) is 87.4 Å². The molecule has 192 valence electrons. The lowest BCUT2D eigenvalue weighted by Crippen LogP contribution is -2.45. The van der Waals surface area contributed by atoms with Crippen molar-refractivity contribution in [3.05, 3.63) is 11.6 Å². The minimum Gasteiger partial charge on any atom is -0.462 e. The van der Waals surface area contributed by atoms with Gasteiger partial charge in [0.05, 0.1) is 4.08 Å². The number of thioether (sulfide) groups is 2. The van der Waals surface area contributed by atoms with Gasteiger partial charge in [-0.2, -0.15) is 0 Å². The molecule has 2 rings (SSSR count). The van der Waals surface area contributed by atoms with Crippen LogP contribution < -0.4 is 0 Å². The van der Waals surface area contributed by atoms with Gasteiger partial charge in [0.2, 0.25) is 0 Å². The summed E-state index contributed by atoms with van der Waals surface area (Å²) in [4.78, 5) is 12.8. The summed E-state index contributed by atoms with van der Waals surface area (Å²) >= 11 is 4.17. The van der Waals surface area contributed by atoms with Crippen molar-refractivity contribution in [1.82, 2.24) is 0 Å². The molecule has 2 heterocycles. The van der Waals surface area contributed by atoms with Gasteiger partial charge in [0.1, 0.15) is 6.10 Å². The largest absolute Gasteiger partial charge is 0.462 e. The summed E-state index contributed by atoms with van der Waals surface area (Å²) in [5.41, 5.74) is 1.40. The smallest absolute Gasteiger partial charge is 0.306 e. The first-order valence-corrected chi connectivity index (χ1v) is 17.9. The molecule has 3 nitrogen and oxygen atoms in total. The Morgan fingerprint density at radius 1 is 1.24 bits per heavy atom. The molecule has 1 fully saturated rings. The Balaban J connectivity index is 2.11. The van der Waals surface area contributed by atoms with Gasteiger partial charge in [-0.25, -0.2) is 0 Å². The van der Waals surface area contributed by atoms with Crippen LogP contribution in [0, 0.1) is 11.8 Å². The van der Waals surface area contributed by atoms with Crippen molar-refractivity contribution in [2.75, 3.05) is 11.5 Å². The van der Waals surface area contributed by atoms with E-state index in [0.29, 0.717) is 18.3 Å². The van der Waals surface area contributed by atoms with Gasteiger partial charge < -0.3 is 9.16 Å². The van der Waals surface area contributed by atoms with Crippen LogP contribution in [-0.2, 0) is 14.0 Å². The van der Waals surface area contributed by atoms with E-state index in [1.807, 2.05) is 0 Å². The summed E-state index contributed by atoms with van der Waals surface area (Å²) in [6.07, 6.45) is 9.05. The monoisotopic (exact) mass is 514 g/mol. The number of carbonyl (C=O) groups is 1. The van der Waals surface area contributed by atoms with Gasteiger partial charge in [0, 0.05) is 18.9 Å². The summed E-state index contributed by atoms with van der Waals surface area (Å²) in [6.45, 7) is 20.8. The molecule has 0 aromatic heterocycles. The third kappa shape index (κ3) is 9.23. The van der Waals surface area contributed by atoms with Crippen LogP contribution in [0.3, 0.4) is 0 Å². The Morgan fingerprint density at radius 3 is 2.48 bits per heavy atom. The summed E-state index contributed by atoms with van der Waals surface area (Å²) in [6, 6.07) is 0. The first-order valence-electron chi connectivity index (χ1n) is 13.0. The Morgan fingerprint density at radius 2 is 1.88 bits per heavy atom. The van der Waals surface area contributed by atoms with Crippen molar-refractivity contribution >= 4 is 37.8 Å². The fraction of sp³-hybridized carbons (Fsp3) is 0.889. The van der Waals surface area contributed by atoms with Gasteiger partial charge in [-0.3, -0.25) is 4.79 Å². The molecular formula is C27H50O3S2Si. The molecule has 0 N–H and O–H groups in total. The van der Waals surface area contributed by atoms with Crippen LogP contribution in [0.5, 0.6) is 0 Å². The second kappa shape index (κ2) is 12.4. The van der Waals surface area contributed by atoms with Gasteiger partial charge in [-0.15, -0.1) is 23.5 Å². The molecule has 2 aliphatic heterocycles. The molecule has 0 spiro atoms. The Hall–Kier alpha value is 0.0869. The van der Waals surface area contributed by atoms with E-state index in [9.17, 15) is 4.79 Å². The highest BCUT2D eigenvalue weighted by Gasteiger charge is 2.40. The van der Waals surface area contributed by atoms with Crippen LogP contribution in [0.2, 0.25) is 18.1 Å². The molecule has 0 radical (unpaired) electrons. The number of carbonyl (C=O) groups excluding carboxylic acids is 1. The first kappa shape index (κ1) is 29.3. The van der Waals surface area contributed by atoms with Crippen molar-refractivity contribution in [3.63, 3.8) is 0 Å². The van der Waals surface area contributed by atoms with Crippen molar-refractivity contribution in [2.45, 2.75) is 128 Å². The molecule has 0 aliphatic carbocycles. The minimum absolute atomic E-state index is 0.0265. The number of hydrogen-bond donors (Lipinski definition) is 0. The SMILES string of the molecule is C/C1=C\C[C@H]([C@@H](C)CC2(C)SCCCS2)OC(=O)CCC[C@H](O[Si](C)(C)C(C)(C)C)[C@@H](C)C1. The van der Waals surface area contributed by atoms with Crippen molar-refractivity contribution < 1.29 is 14.0 Å². The highest BCUT2D eigenvalue weighted by atomic mass is 32.2. The van der Waals surface area contributed by atoms with Crippen molar-refractivity contribution in [2.24, 2.45) is 11.8 Å². The van der Waals surface area contributed by atoms with Crippen LogP contribution in [0.4, 0.5) is 0 Å². The molecule has 2 aliphatic rings. The lowest BCUT2D eigenvalue weighted by atomic mass is 9.90. The van der Waals surface area contributed by atoms with E-state index in [4.69, 9.17) is 9.16 Å². The second-order valence-corrected chi connectivity index (χ2v) is 20.4. The van der Waals surface area contributed by atoms with E-state index < -0.39 is 8.32 Å². The fourth-order valence-corrected chi connectivity index (χ4v) is 9.32. The lowest BCUT2D eigenvalue weighted by Gasteiger charge is -2.41. The maximum atomic E-state index is 12.8. The normalized spacial score (nSPS) is 30.9. The molecule has 0 unspecified atom stereocenters. The number of allylic oxidation sites excluding steroid dienone is 1. The molecular weight excluding hydrogens is 465 g/mol. The highest BCUT2D eigenvalue weighted by Crippen LogP contribution is 2.47. The molecule has 1 saturated heterocycles. The Labute approximate surface area is 214 Å². The van der Waals surface area contributed by atoms with Crippen LogP contribution in [0.15, 0.2) is 11.6 Å². The van der Waals surface area contributed by atoms with E-state index in [1.54, 1.807) is 0 Å². The average molecular weight is 515 g/mol. The number of rotatable bonds is 5. The second-order valence-electron chi connectivity index (χ2n) is 12.2. The van der Waals surface area contributed by atoms with Crippen molar-refractivity contribution in [3.8, 4) is 0 Å². The molecule has 0 aromatic rings. The zero-order valence-corrected chi connectivity index (χ0v) is 25.4. The van der Waals surface area contributed by atoms with Crippen LogP contribution >= 0.6 is 23.5 Å². The van der Waals surface area contributed by atoms with Crippen LogP contribution in [0.1, 0.15) is 93.4 Å². The number of cyclic esters (lactones) is 1. The Kier molecular flexibility index (Phi) is 11.0. The maximum Gasteiger partial charge on any atom is 0.306 e. The lowest BCUT2D eigenvalue weighted by molar-refractivity contribution is -0.151. The molecule has 0 aromatic carbocycles. The van der Waals surface area contributed by atoms with E-state index in [-0.39, 0.29) is 27.3 Å². The van der Waals surface area contributed by atoms with E-state index in [2.05, 4.69) is 91.2 Å². The molecule has 4 atom stereocenters. The zero-order valence-electron chi connectivity index (χ0n) is 22.8. The predicted molar refractivity (Wildman–Crippen MR) is 150 cm³/mol. The summed E-state index contributed by atoms with van der Waals surface area (Å²) in [5.74, 6) is 3.27. The van der Waals surface area contributed by atoms with Crippen LogP contribution in [-0.4, -0.2) is 42.1 Å². The quantitative estimate of drug-likeness (QED) is 0.209. The summed E-state index contributed by atoms with van der Waals surface area (Å²) < 4.78 is 13.2. The third-order valence-corrected chi connectivity index (χ3v) is 15.6. The standard InChI is InChI=1S/C27H50O3S2Si/c1-20-14-15-23(22(3)19-27(7)31-16-11-17-32-27)29-25(28)13-10-12-24(21(2)18-20)30-33(8,9)26(4,5)6/h14,21-24H,10-13,15-19H2,1-9H3/b20-14+/t21-,22-,23+,24-/m0/s1. The molecule has 0 bridgehead atoms. The number of hydrogen-bond acceptors (Lipinski definition) is 5. The fourth-order valence-electron chi connectivity index (χ4n) is 4.64. The van der Waals surface area contributed by atoms with E-state index in [0.717, 1.165) is 32.1 Å². The van der Waals surface area contributed by atoms with Gasteiger partial charge in [0.15, 0.2) is 8.32 Å². The Bertz CT molecular complexity index is 665. The van der Waals surface area contributed by atoms with Gasteiger partial charge in [-0.1, -0.05) is 46.3 Å². The molecule has 6 heteroatoms. The average Bonchev–Trinajstić information content (AvgIpc) is 2.68. The molecule has 33 heavy (non-hydrogen) atoms. The van der Waals surface area contributed by atoms with Crippen molar-refractivity contribution in [1.29, 1.82) is 0 Å². The van der Waals surface area contributed by atoms with Gasteiger partial charge >= 0.3 is 5.97 Å². The summed E-state index contributed by atoms with van der Waals surface area (Å²) in [7, 11) is -1.86. The number of esters is 1. The van der Waals surface area contributed by atoms with Crippen LogP contribution in [0.25, 0.3) is 0 Å². The van der Waals surface area contributed by atoms with E-state index in [1.165, 1.54) is 23.5 Å². The minimum atomic E-state index is -1.86.